The van der Waals surface area contributed by atoms with Gasteiger partial charge in [-0.2, -0.15) is 5.10 Å². The number of fused-ring (bicyclic) bond motifs is 1. The highest BCUT2D eigenvalue weighted by atomic mass is 16.2. The average molecular weight is 339 g/mol. The Balaban J connectivity index is 1.59. The number of nitrogens with one attached hydrogen (secondary N) is 1. The summed E-state index contributed by atoms with van der Waals surface area (Å²) in [7, 11) is 1.71. The van der Waals surface area contributed by atoms with E-state index >= 15 is 0 Å². The largest absolute Gasteiger partial charge is 0.334 e. The minimum absolute atomic E-state index is 0.0120. The van der Waals surface area contributed by atoms with Crippen LogP contribution in [-0.2, 0) is 13.6 Å². The summed E-state index contributed by atoms with van der Waals surface area (Å²) in [6, 6.07) is 5.54. The van der Waals surface area contributed by atoms with E-state index in [2.05, 4.69) is 10.1 Å². The lowest BCUT2D eigenvalue weighted by Crippen LogP contribution is -2.38. The number of H-pyrrole nitrogens is 1. The number of aromatic amines is 1. The lowest BCUT2D eigenvalue weighted by molar-refractivity contribution is 0.0722. The molecule has 0 saturated carbocycles. The number of rotatable bonds is 3. The third-order valence-electron chi connectivity index (χ3n) is 4.95. The lowest BCUT2D eigenvalue weighted by Gasteiger charge is -2.25. The molecule has 1 aromatic carbocycles. The van der Waals surface area contributed by atoms with Gasteiger partial charge in [0, 0.05) is 25.4 Å². The van der Waals surface area contributed by atoms with E-state index < -0.39 is 0 Å². The van der Waals surface area contributed by atoms with Crippen LogP contribution in [0.4, 0.5) is 0 Å². The molecule has 4 rings (SSSR count). The van der Waals surface area contributed by atoms with Crippen molar-refractivity contribution in [1.82, 2.24) is 24.2 Å². The molecule has 3 aromatic rings. The number of hydrogen-bond donors (Lipinski definition) is 1. The fraction of sp³-hybridized carbons (Fsp3) is 0.389. The second kappa shape index (κ2) is 5.91. The van der Waals surface area contributed by atoms with E-state index in [4.69, 9.17) is 0 Å². The van der Waals surface area contributed by atoms with Crippen LogP contribution < -0.4 is 5.69 Å². The van der Waals surface area contributed by atoms with Crippen LogP contribution in [0.3, 0.4) is 0 Å². The third-order valence-corrected chi connectivity index (χ3v) is 4.95. The van der Waals surface area contributed by atoms with Crippen molar-refractivity contribution in [3.05, 3.63) is 52.2 Å². The molecule has 25 heavy (non-hydrogen) atoms. The van der Waals surface area contributed by atoms with E-state index in [1.54, 1.807) is 23.7 Å². The highest BCUT2D eigenvalue weighted by Crippen LogP contribution is 2.23. The van der Waals surface area contributed by atoms with Gasteiger partial charge in [-0.15, -0.1) is 0 Å². The molecule has 7 heteroatoms. The second-order valence-corrected chi connectivity index (χ2v) is 6.76. The number of amides is 1. The molecule has 2 aromatic heterocycles. The Kier molecular flexibility index (Phi) is 3.71. The van der Waals surface area contributed by atoms with Gasteiger partial charge in [-0.1, -0.05) is 0 Å². The van der Waals surface area contributed by atoms with Crippen molar-refractivity contribution in [3.63, 3.8) is 0 Å². The first-order chi connectivity index (χ1) is 12.0. The quantitative estimate of drug-likeness (QED) is 0.789. The molecule has 1 aliphatic rings. The summed E-state index contributed by atoms with van der Waals surface area (Å²) < 4.78 is 3.45. The number of benzene rings is 1. The first-order valence-electron chi connectivity index (χ1n) is 8.52. The molecule has 130 valence electrons. The molecule has 0 spiro atoms. The summed E-state index contributed by atoms with van der Waals surface area (Å²) in [5, 5.41) is 4.34. The summed E-state index contributed by atoms with van der Waals surface area (Å²) in [5.74, 6) is 0.0120. The van der Waals surface area contributed by atoms with E-state index in [-0.39, 0.29) is 17.6 Å². The van der Waals surface area contributed by atoms with Crippen LogP contribution in [-0.4, -0.2) is 42.7 Å². The Labute approximate surface area is 144 Å². The molecule has 1 amide bonds. The Morgan fingerprint density at radius 1 is 1.40 bits per heavy atom. The predicted octanol–water partition coefficient (Wildman–Crippen LogP) is 1.68. The van der Waals surface area contributed by atoms with Gasteiger partial charge in [-0.05, 0) is 43.5 Å². The molecule has 3 heterocycles. The maximum atomic E-state index is 13.0. The van der Waals surface area contributed by atoms with Crippen LogP contribution in [0, 0.1) is 6.92 Å². The SMILES string of the molecule is Cc1cnn(C[C@@H]2CCCN2C(=O)c2ccc3c(c2)[nH]c(=O)n3C)c1. The number of likely N-dealkylation sites (tertiary alicyclic amines) is 1. The highest BCUT2D eigenvalue weighted by molar-refractivity contribution is 5.97. The Morgan fingerprint density at radius 3 is 3.00 bits per heavy atom. The van der Waals surface area contributed by atoms with Crippen molar-refractivity contribution >= 4 is 16.9 Å². The third kappa shape index (κ3) is 2.75. The van der Waals surface area contributed by atoms with Gasteiger partial charge < -0.3 is 9.88 Å². The topological polar surface area (TPSA) is 75.9 Å². The van der Waals surface area contributed by atoms with Crippen molar-refractivity contribution in [3.8, 4) is 0 Å². The van der Waals surface area contributed by atoms with Gasteiger partial charge in [0.05, 0.1) is 29.8 Å². The number of carbonyl (C=O) groups is 1. The number of hydrogen-bond acceptors (Lipinski definition) is 3. The van der Waals surface area contributed by atoms with Gasteiger partial charge >= 0.3 is 5.69 Å². The molecule has 1 fully saturated rings. The van der Waals surface area contributed by atoms with Gasteiger partial charge in [0.2, 0.25) is 0 Å². The zero-order chi connectivity index (χ0) is 17.6. The number of imidazole rings is 1. The maximum Gasteiger partial charge on any atom is 0.326 e. The molecular weight excluding hydrogens is 318 g/mol. The minimum Gasteiger partial charge on any atom is -0.334 e. The molecule has 0 aliphatic carbocycles. The Bertz CT molecular complexity index is 996. The minimum atomic E-state index is -0.173. The van der Waals surface area contributed by atoms with E-state index in [1.165, 1.54) is 0 Å². The van der Waals surface area contributed by atoms with Gasteiger partial charge in [0.25, 0.3) is 5.91 Å². The monoisotopic (exact) mass is 339 g/mol. The summed E-state index contributed by atoms with van der Waals surface area (Å²) in [4.78, 5) is 29.4. The van der Waals surface area contributed by atoms with Crippen LogP contribution >= 0.6 is 0 Å². The van der Waals surface area contributed by atoms with Crippen LogP contribution in [0.1, 0.15) is 28.8 Å². The molecule has 1 N–H and O–H groups in total. The number of aryl methyl sites for hydroxylation is 2. The van der Waals surface area contributed by atoms with Crippen molar-refractivity contribution < 1.29 is 4.79 Å². The summed E-state index contributed by atoms with van der Waals surface area (Å²) >= 11 is 0. The summed E-state index contributed by atoms with van der Waals surface area (Å²) in [5.41, 5.74) is 3.04. The zero-order valence-electron chi connectivity index (χ0n) is 14.4. The number of aromatic nitrogens is 4. The van der Waals surface area contributed by atoms with E-state index in [0.717, 1.165) is 30.5 Å². The van der Waals surface area contributed by atoms with Crippen LogP contribution in [0.2, 0.25) is 0 Å². The molecule has 0 radical (unpaired) electrons. The van der Waals surface area contributed by atoms with Crippen molar-refractivity contribution in [1.29, 1.82) is 0 Å². The molecule has 0 unspecified atom stereocenters. The Morgan fingerprint density at radius 2 is 2.24 bits per heavy atom. The number of carbonyl (C=O) groups excluding carboxylic acids is 1. The normalized spacial score (nSPS) is 17.5. The van der Waals surface area contributed by atoms with Gasteiger partial charge in [-0.25, -0.2) is 4.79 Å². The molecule has 1 saturated heterocycles. The highest BCUT2D eigenvalue weighted by Gasteiger charge is 2.30. The van der Waals surface area contributed by atoms with Crippen LogP contribution in [0.15, 0.2) is 35.4 Å². The van der Waals surface area contributed by atoms with Crippen LogP contribution in [0.5, 0.6) is 0 Å². The van der Waals surface area contributed by atoms with Crippen molar-refractivity contribution in [2.45, 2.75) is 32.4 Å². The van der Waals surface area contributed by atoms with Gasteiger partial charge in [-0.3, -0.25) is 14.0 Å². The fourth-order valence-electron chi connectivity index (χ4n) is 3.61. The first-order valence-corrected chi connectivity index (χ1v) is 8.52. The van der Waals surface area contributed by atoms with Gasteiger partial charge in [0.15, 0.2) is 0 Å². The average Bonchev–Trinajstić information content (AvgIpc) is 3.28. The fourth-order valence-corrected chi connectivity index (χ4v) is 3.61. The van der Waals surface area contributed by atoms with E-state index in [0.29, 0.717) is 17.6 Å². The van der Waals surface area contributed by atoms with E-state index in [1.807, 2.05) is 35.0 Å². The predicted molar refractivity (Wildman–Crippen MR) is 94.6 cm³/mol. The smallest absolute Gasteiger partial charge is 0.326 e. The number of nitrogens with zero attached hydrogens (tertiary/aromatic N) is 4. The molecule has 7 nitrogen and oxygen atoms in total. The Hall–Kier alpha value is -2.83. The molecule has 0 bridgehead atoms. The summed E-state index contributed by atoms with van der Waals surface area (Å²) in [6.07, 6.45) is 5.82. The maximum absolute atomic E-state index is 13.0. The lowest BCUT2D eigenvalue weighted by atomic mass is 10.1. The standard InChI is InChI=1S/C18H21N5O2/c1-12-9-19-22(10-12)11-14-4-3-7-23(14)17(24)13-5-6-16-15(8-13)20-18(25)21(16)2/h5-6,8-10,14H,3-4,7,11H2,1-2H3,(H,20,25)/t14-/m0/s1. The van der Waals surface area contributed by atoms with Crippen molar-refractivity contribution in [2.24, 2.45) is 7.05 Å². The zero-order valence-corrected chi connectivity index (χ0v) is 14.4. The van der Waals surface area contributed by atoms with E-state index in [9.17, 15) is 9.59 Å². The van der Waals surface area contributed by atoms with Gasteiger partial charge in [0.1, 0.15) is 0 Å². The molecular formula is C18H21N5O2. The summed E-state index contributed by atoms with van der Waals surface area (Å²) in [6.45, 7) is 3.48. The van der Waals surface area contributed by atoms with Crippen molar-refractivity contribution in [2.75, 3.05) is 6.54 Å². The molecule has 1 atom stereocenters. The van der Waals surface area contributed by atoms with Crippen LogP contribution in [0.25, 0.3) is 11.0 Å². The second-order valence-electron chi connectivity index (χ2n) is 6.76. The first kappa shape index (κ1) is 15.7. The molecule has 1 aliphatic heterocycles.